The van der Waals surface area contributed by atoms with Crippen LogP contribution >= 0.6 is 0 Å². The third kappa shape index (κ3) is 6.65. The van der Waals surface area contributed by atoms with Crippen molar-refractivity contribution in [1.29, 1.82) is 0 Å². The first-order valence-electron chi connectivity index (χ1n) is 14.9. The van der Waals surface area contributed by atoms with Crippen molar-refractivity contribution >= 4 is 17.7 Å². The Morgan fingerprint density at radius 1 is 1.04 bits per heavy atom. The number of amides is 3. The van der Waals surface area contributed by atoms with Gasteiger partial charge in [0, 0.05) is 56.0 Å². The summed E-state index contributed by atoms with van der Waals surface area (Å²) >= 11 is 0. The van der Waals surface area contributed by atoms with Gasteiger partial charge in [-0.25, -0.2) is 4.39 Å². The number of nitrogens with zero attached hydrogens (tertiary/aromatic N) is 3. The van der Waals surface area contributed by atoms with Gasteiger partial charge in [0.25, 0.3) is 17.7 Å². The number of aromatic nitrogens is 2. The number of aryl methyl sites for hydroxylation is 2. The number of nitrogens with one attached hydrogen (secondary N) is 2. The van der Waals surface area contributed by atoms with Crippen LogP contribution in [0.1, 0.15) is 38.5 Å². The summed E-state index contributed by atoms with van der Waals surface area (Å²) in [5, 5.41) is 10.2. The highest BCUT2D eigenvalue weighted by atomic mass is 19.1. The monoisotopic (exact) mass is 627 g/mol. The summed E-state index contributed by atoms with van der Waals surface area (Å²) in [6.45, 7) is 2.15. The topological polar surface area (TPSA) is 124 Å². The zero-order valence-corrected chi connectivity index (χ0v) is 25.7. The first-order valence-corrected chi connectivity index (χ1v) is 14.9. The Morgan fingerprint density at radius 3 is 2.67 bits per heavy atom. The maximum absolute atomic E-state index is 14.7. The third-order valence-electron chi connectivity index (χ3n) is 8.17. The fourth-order valence-electron chi connectivity index (χ4n) is 5.67. The average Bonchev–Trinajstić information content (AvgIpc) is 3.39. The van der Waals surface area contributed by atoms with Gasteiger partial charge in [0.15, 0.2) is 12.3 Å². The van der Waals surface area contributed by atoms with Gasteiger partial charge in [0.05, 0.1) is 13.2 Å². The Morgan fingerprint density at radius 2 is 1.89 bits per heavy atom. The zero-order chi connectivity index (χ0) is 32.4. The van der Waals surface area contributed by atoms with Crippen molar-refractivity contribution in [2.75, 3.05) is 26.8 Å². The summed E-state index contributed by atoms with van der Waals surface area (Å²) in [5.41, 5.74) is 3.36. The number of hydrogen-bond acceptors (Lipinski definition) is 7. The number of methoxy groups -OCH3 is 1. The number of hydrogen-bond donors (Lipinski definition) is 2. The van der Waals surface area contributed by atoms with Gasteiger partial charge in [-0.2, -0.15) is 5.10 Å². The van der Waals surface area contributed by atoms with Crippen molar-refractivity contribution in [2.24, 2.45) is 7.05 Å². The molecule has 2 aliphatic heterocycles. The number of halogens is 1. The lowest BCUT2D eigenvalue weighted by atomic mass is 9.99. The molecule has 6 bridgehead atoms. The van der Waals surface area contributed by atoms with Crippen molar-refractivity contribution in [3.05, 3.63) is 95.1 Å². The zero-order valence-electron chi connectivity index (χ0n) is 25.7. The fourth-order valence-corrected chi connectivity index (χ4v) is 5.67. The minimum atomic E-state index is -0.647. The van der Waals surface area contributed by atoms with E-state index in [0.29, 0.717) is 46.8 Å². The molecule has 2 atom stereocenters. The number of rotatable bonds is 2. The van der Waals surface area contributed by atoms with E-state index >= 15 is 0 Å². The van der Waals surface area contributed by atoms with Gasteiger partial charge in [-0.05, 0) is 66.6 Å². The number of piperidine rings is 1. The second-order valence-corrected chi connectivity index (χ2v) is 11.4. The summed E-state index contributed by atoms with van der Waals surface area (Å²) in [6, 6.07) is 17.5. The second-order valence-electron chi connectivity index (χ2n) is 11.4. The van der Waals surface area contributed by atoms with E-state index in [0.717, 1.165) is 11.3 Å². The first kappa shape index (κ1) is 30.6. The van der Waals surface area contributed by atoms with Crippen LogP contribution in [-0.4, -0.2) is 71.4 Å². The summed E-state index contributed by atoms with van der Waals surface area (Å²) in [6.07, 6.45) is -0.226. The molecule has 0 aliphatic carbocycles. The highest BCUT2D eigenvalue weighted by molar-refractivity contribution is 5.97. The standard InChI is InChI=1S/C34H34FN5O6/c1-20-11-28(38-39(20)2)34(43)40-10-9-31-29(18-40)37-33(42)23-7-8-30(44-3)27(15-23)22-5-4-6-25(14-22)45-19-32(41)36-17-21-12-24(35)16-26(13-21)46-31/h4-8,11-16,29,31H,9-10,17-19H2,1-3H3,(H,36,41)(H,37,42)/t29-,31-/m1/s1. The summed E-state index contributed by atoms with van der Waals surface area (Å²) in [5.74, 6) is -0.336. The molecule has 2 aliphatic rings. The maximum atomic E-state index is 14.7. The van der Waals surface area contributed by atoms with E-state index in [-0.39, 0.29) is 43.2 Å². The van der Waals surface area contributed by atoms with Gasteiger partial charge >= 0.3 is 0 Å². The van der Waals surface area contributed by atoms with Gasteiger partial charge in [-0.3, -0.25) is 19.1 Å². The fraction of sp³-hybridized carbons (Fsp3) is 0.294. The summed E-state index contributed by atoms with van der Waals surface area (Å²) < 4.78 is 34.0. The molecule has 12 heteroatoms. The van der Waals surface area contributed by atoms with E-state index in [1.165, 1.54) is 12.1 Å². The van der Waals surface area contributed by atoms with E-state index in [1.807, 2.05) is 13.0 Å². The third-order valence-corrected chi connectivity index (χ3v) is 8.17. The van der Waals surface area contributed by atoms with E-state index < -0.39 is 18.0 Å². The van der Waals surface area contributed by atoms with Crippen LogP contribution in [-0.2, 0) is 18.4 Å². The average molecular weight is 628 g/mol. The van der Waals surface area contributed by atoms with Crippen LogP contribution in [0.5, 0.6) is 17.2 Å². The molecule has 1 saturated heterocycles. The van der Waals surface area contributed by atoms with Crippen molar-refractivity contribution in [2.45, 2.75) is 32.0 Å². The molecular weight excluding hydrogens is 593 g/mol. The highest BCUT2D eigenvalue weighted by Crippen LogP contribution is 2.33. The molecule has 3 heterocycles. The highest BCUT2D eigenvalue weighted by Gasteiger charge is 2.35. The predicted octanol–water partition coefficient (Wildman–Crippen LogP) is 3.64. The van der Waals surface area contributed by atoms with E-state index in [1.54, 1.807) is 72.3 Å². The van der Waals surface area contributed by atoms with Crippen LogP contribution in [0, 0.1) is 12.7 Å². The number of benzene rings is 3. The molecule has 3 amide bonds. The van der Waals surface area contributed by atoms with E-state index in [9.17, 15) is 18.8 Å². The second kappa shape index (κ2) is 12.9. The molecule has 1 fully saturated rings. The van der Waals surface area contributed by atoms with Crippen LogP contribution < -0.4 is 24.8 Å². The largest absolute Gasteiger partial charge is 0.496 e. The SMILES string of the molecule is COc1ccc2cc1-c1cccc(c1)OCC(=O)NCc1cc(F)cc(c1)O[C@@H]1CCN(C(=O)c3cc(C)n(C)n3)C[C@H]1NC2=O. The minimum Gasteiger partial charge on any atom is -0.496 e. The number of fused-ring (bicyclic) bond motifs is 8. The molecule has 238 valence electrons. The Hall–Kier alpha value is -5.39. The van der Waals surface area contributed by atoms with Crippen molar-refractivity contribution in [3.8, 4) is 28.4 Å². The quantitative estimate of drug-likeness (QED) is 0.348. The molecule has 11 nitrogen and oxygen atoms in total. The number of ether oxygens (including phenoxy) is 3. The van der Waals surface area contributed by atoms with Gasteiger partial charge < -0.3 is 29.7 Å². The Kier molecular flexibility index (Phi) is 8.60. The van der Waals surface area contributed by atoms with Crippen LogP contribution in [0.15, 0.2) is 66.7 Å². The lowest BCUT2D eigenvalue weighted by Gasteiger charge is -2.38. The minimum absolute atomic E-state index is 0.0516. The predicted molar refractivity (Wildman–Crippen MR) is 166 cm³/mol. The van der Waals surface area contributed by atoms with Crippen LogP contribution in [0.3, 0.4) is 0 Å². The molecule has 0 spiro atoms. The summed E-state index contributed by atoms with van der Waals surface area (Å²) in [7, 11) is 3.31. The first-order chi connectivity index (χ1) is 22.2. The molecule has 3 aromatic carbocycles. The molecule has 6 rings (SSSR count). The molecule has 46 heavy (non-hydrogen) atoms. The summed E-state index contributed by atoms with van der Waals surface area (Å²) in [4.78, 5) is 41.5. The number of likely N-dealkylation sites (tertiary alicyclic amines) is 1. The van der Waals surface area contributed by atoms with Crippen molar-refractivity contribution in [1.82, 2.24) is 25.3 Å². The van der Waals surface area contributed by atoms with E-state index in [2.05, 4.69) is 15.7 Å². The van der Waals surface area contributed by atoms with Gasteiger partial charge in [-0.1, -0.05) is 12.1 Å². The Bertz CT molecular complexity index is 1790. The molecular formula is C34H34FN5O6. The van der Waals surface area contributed by atoms with Crippen LogP contribution in [0.2, 0.25) is 0 Å². The molecule has 2 N–H and O–H groups in total. The smallest absolute Gasteiger partial charge is 0.274 e. The number of carbonyl (C=O) groups is 3. The van der Waals surface area contributed by atoms with Crippen LogP contribution in [0.25, 0.3) is 11.1 Å². The maximum Gasteiger partial charge on any atom is 0.274 e. The Labute approximate surface area is 265 Å². The van der Waals surface area contributed by atoms with Crippen molar-refractivity contribution < 1.29 is 33.0 Å². The van der Waals surface area contributed by atoms with E-state index in [4.69, 9.17) is 14.2 Å². The molecule has 1 aromatic heterocycles. The molecule has 4 aromatic rings. The van der Waals surface area contributed by atoms with Gasteiger partial charge in [-0.15, -0.1) is 0 Å². The molecule has 0 saturated carbocycles. The lowest BCUT2D eigenvalue weighted by molar-refractivity contribution is -0.123. The van der Waals surface area contributed by atoms with Gasteiger partial charge in [0.1, 0.15) is 29.2 Å². The molecule has 0 unspecified atom stereocenters. The molecule has 0 radical (unpaired) electrons. The van der Waals surface area contributed by atoms with Crippen molar-refractivity contribution in [3.63, 3.8) is 0 Å². The number of carbonyl (C=O) groups excluding carboxylic acids is 3. The van der Waals surface area contributed by atoms with Gasteiger partial charge in [0.2, 0.25) is 0 Å². The lowest BCUT2D eigenvalue weighted by Crippen LogP contribution is -2.58. The Balaban J connectivity index is 1.36. The normalized spacial score (nSPS) is 18.4. The van der Waals surface area contributed by atoms with Crippen LogP contribution in [0.4, 0.5) is 4.39 Å².